The standard InChI is InChI=1S/C17H37N2/c1-3-4-5-6-7-8-9-10-11-12-15-19(2)16-13-18-14-17-19/h18H,3-17H2,1-2H3/q+1. The summed E-state index contributed by atoms with van der Waals surface area (Å²) in [6.45, 7) is 8.79. The lowest BCUT2D eigenvalue weighted by atomic mass is 10.1. The van der Waals surface area contributed by atoms with Gasteiger partial charge in [-0.05, 0) is 12.8 Å². The molecule has 0 saturated carbocycles. The second kappa shape index (κ2) is 10.7. The number of hydrogen-bond donors (Lipinski definition) is 1. The average molecular weight is 269 g/mol. The first-order valence-electron chi connectivity index (χ1n) is 8.81. The van der Waals surface area contributed by atoms with Gasteiger partial charge in [0.05, 0.1) is 26.7 Å². The van der Waals surface area contributed by atoms with Crippen LogP contribution in [-0.2, 0) is 0 Å². The molecule has 0 radical (unpaired) electrons. The highest BCUT2D eigenvalue weighted by Crippen LogP contribution is 2.12. The Morgan fingerprint density at radius 3 is 1.74 bits per heavy atom. The van der Waals surface area contributed by atoms with Crippen molar-refractivity contribution in [2.75, 3.05) is 39.8 Å². The molecule has 0 aromatic heterocycles. The maximum Gasteiger partial charge on any atom is 0.0911 e. The molecular formula is C17H37N2+. The fraction of sp³-hybridized carbons (Fsp3) is 1.00. The number of unbranched alkanes of at least 4 members (excludes halogenated alkanes) is 9. The largest absolute Gasteiger partial charge is 0.324 e. The number of nitrogens with one attached hydrogen (secondary N) is 1. The third-order valence-corrected chi connectivity index (χ3v) is 4.71. The molecule has 114 valence electrons. The molecule has 1 N–H and O–H groups in total. The first-order valence-corrected chi connectivity index (χ1v) is 8.81. The average Bonchev–Trinajstić information content (AvgIpc) is 2.42. The molecule has 0 bridgehead atoms. The summed E-state index contributed by atoms with van der Waals surface area (Å²) >= 11 is 0. The van der Waals surface area contributed by atoms with Crippen LogP contribution in [0.5, 0.6) is 0 Å². The van der Waals surface area contributed by atoms with E-state index in [1.54, 1.807) is 0 Å². The second-order valence-corrected chi connectivity index (χ2v) is 6.72. The van der Waals surface area contributed by atoms with E-state index >= 15 is 0 Å². The molecule has 0 unspecified atom stereocenters. The molecule has 0 aromatic carbocycles. The summed E-state index contributed by atoms with van der Waals surface area (Å²) in [6.07, 6.45) is 14.5. The molecule has 0 aliphatic carbocycles. The summed E-state index contributed by atoms with van der Waals surface area (Å²) < 4.78 is 1.31. The Bertz CT molecular complexity index is 197. The monoisotopic (exact) mass is 269 g/mol. The Morgan fingerprint density at radius 1 is 0.737 bits per heavy atom. The summed E-state index contributed by atoms with van der Waals surface area (Å²) in [5.41, 5.74) is 0. The van der Waals surface area contributed by atoms with Crippen molar-refractivity contribution < 1.29 is 4.48 Å². The van der Waals surface area contributed by atoms with E-state index in [-0.39, 0.29) is 0 Å². The highest BCUT2D eigenvalue weighted by Gasteiger charge is 2.23. The summed E-state index contributed by atoms with van der Waals surface area (Å²) in [7, 11) is 2.44. The van der Waals surface area contributed by atoms with Crippen molar-refractivity contribution in [3.05, 3.63) is 0 Å². The van der Waals surface area contributed by atoms with Gasteiger partial charge in [0.1, 0.15) is 0 Å². The van der Waals surface area contributed by atoms with Gasteiger partial charge in [0.25, 0.3) is 0 Å². The van der Waals surface area contributed by atoms with Crippen molar-refractivity contribution in [1.82, 2.24) is 5.32 Å². The van der Waals surface area contributed by atoms with Crippen molar-refractivity contribution in [3.8, 4) is 0 Å². The maximum absolute atomic E-state index is 3.46. The van der Waals surface area contributed by atoms with Crippen LogP contribution < -0.4 is 5.32 Å². The molecule has 2 nitrogen and oxygen atoms in total. The van der Waals surface area contributed by atoms with E-state index in [1.807, 2.05) is 0 Å². The molecular weight excluding hydrogens is 232 g/mol. The van der Waals surface area contributed by atoms with E-state index in [1.165, 1.54) is 101 Å². The zero-order valence-corrected chi connectivity index (χ0v) is 13.6. The Balaban J connectivity index is 1.83. The van der Waals surface area contributed by atoms with E-state index in [0.29, 0.717) is 0 Å². The Labute approximate surface area is 121 Å². The zero-order chi connectivity index (χ0) is 13.8. The van der Waals surface area contributed by atoms with Crippen LogP contribution in [0.15, 0.2) is 0 Å². The van der Waals surface area contributed by atoms with Gasteiger partial charge >= 0.3 is 0 Å². The highest BCUT2D eigenvalue weighted by molar-refractivity contribution is 4.56. The molecule has 1 aliphatic heterocycles. The molecule has 1 heterocycles. The Kier molecular flexibility index (Phi) is 9.54. The van der Waals surface area contributed by atoms with Gasteiger partial charge in [-0.15, -0.1) is 0 Å². The highest BCUT2D eigenvalue weighted by atomic mass is 15.4. The van der Waals surface area contributed by atoms with Gasteiger partial charge in [0.2, 0.25) is 0 Å². The van der Waals surface area contributed by atoms with E-state index in [2.05, 4.69) is 19.3 Å². The van der Waals surface area contributed by atoms with E-state index in [4.69, 9.17) is 0 Å². The summed E-state index contributed by atoms with van der Waals surface area (Å²) in [6, 6.07) is 0. The van der Waals surface area contributed by atoms with Crippen LogP contribution in [0.4, 0.5) is 0 Å². The van der Waals surface area contributed by atoms with Crippen molar-refractivity contribution in [2.24, 2.45) is 0 Å². The van der Waals surface area contributed by atoms with Crippen molar-refractivity contribution in [2.45, 2.75) is 71.1 Å². The molecule has 0 aromatic rings. The maximum atomic E-state index is 3.46. The van der Waals surface area contributed by atoms with Crippen molar-refractivity contribution >= 4 is 0 Å². The van der Waals surface area contributed by atoms with Gasteiger partial charge < -0.3 is 9.80 Å². The molecule has 1 aliphatic rings. The van der Waals surface area contributed by atoms with Gasteiger partial charge in [0.15, 0.2) is 0 Å². The van der Waals surface area contributed by atoms with Crippen LogP contribution in [0.3, 0.4) is 0 Å². The second-order valence-electron chi connectivity index (χ2n) is 6.72. The lowest BCUT2D eigenvalue weighted by Gasteiger charge is -2.38. The first kappa shape index (κ1) is 17.0. The Hall–Kier alpha value is -0.0800. The van der Waals surface area contributed by atoms with Crippen LogP contribution in [0, 0.1) is 0 Å². The normalized spacial score (nSPS) is 18.6. The van der Waals surface area contributed by atoms with Crippen LogP contribution in [0.25, 0.3) is 0 Å². The van der Waals surface area contributed by atoms with Gasteiger partial charge in [-0.3, -0.25) is 0 Å². The summed E-state index contributed by atoms with van der Waals surface area (Å²) in [5.74, 6) is 0. The third-order valence-electron chi connectivity index (χ3n) is 4.71. The smallest absolute Gasteiger partial charge is 0.0911 e. The first-order chi connectivity index (χ1) is 9.27. The van der Waals surface area contributed by atoms with Gasteiger partial charge in [-0.2, -0.15) is 0 Å². The molecule has 1 saturated heterocycles. The topological polar surface area (TPSA) is 12.0 Å². The third kappa shape index (κ3) is 8.65. The van der Waals surface area contributed by atoms with Gasteiger partial charge in [-0.25, -0.2) is 0 Å². The van der Waals surface area contributed by atoms with Crippen LogP contribution >= 0.6 is 0 Å². The molecule has 0 spiro atoms. The fourth-order valence-electron chi connectivity index (χ4n) is 3.14. The predicted molar refractivity (Wildman–Crippen MR) is 85.5 cm³/mol. The molecule has 2 heteroatoms. The minimum Gasteiger partial charge on any atom is -0.324 e. The van der Waals surface area contributed by atoms with E-state index in [0.717, 1.165) is 0 Å². The number of piperazine rings is 1. The van der Waals surface area contributed by atoms with Gasteiger partial charge in [-0.1, -0.05) is 58.3 Å². The molecule has 1 fully saturated rings. The molecule has 0 atom stereocenters. The molecule has 19 heavy (non-hydrogen) atoms. The van der Waals surface area contributed by atoms with Gasteiger partial charge in [0, 0.05) is 13.1 Å². The SMILES string of the molecule is CCCCCCCCCCCC[N+]1(C)CCNCC1. The lowest BCUT2D eigenvalue weighted by molar-refractivity contribution is -0.911. The predicted octanol–water partition coefficient (Wildman–Crippen LogP) is 3.96. The summed E-state index contributed by atoms with van der Waals surface area (Å²) in [4.78, 5) is 0. The quantitative estimate of drug-likeness (QED) is 0.442. The number of hydrogen-bond acceptors (Lipinski definition) is 1. The number of quaternary nitrogens is 1. The minimum atomic E-state index is 1.22. The summed E-state index contributed by atoms with van der Waals surface area (Å²) in [5, 5.41) is 3.46. The zero-order valence-electron chi connectivity index (χ0n) is 13.6. The number of likely N-dealkylation sites (N-methyl/N-ethyl adjacent to an activating group) is 1. The number of rotatable bonds is 11. The Morgan fingerprint density at radius 2 is 1.21 bits per heavy atom. The van der Waals surface area contributed by atoms with Crippen LogP contribution in [0.2, 0.25) is 0 Å². The number of nitrogens with zero attached hydrogens (tertiary/aromatic N) is 1. The van der Waals surface area contributed by atoms with Crippen molar-refractivity contribution in [1.29, 1.82) is 0 Å². The minimum absolute atomic E-state index is 1.22. The fourth-order valence-corrected chi connectivity index (χ4v) is 3.14. The molecule has 0 amide bonds. The molecule has 1 rings (SSSR count). The van der Waals surface area contributed by atoms with Crippen LogP contribution in [0.1, 0.15) is 71.1 Å². The van der Waals surface area contributed by atoms with E-state index in [9.17, 15) is 0 Å². The lowest BCUT2D eigenvalue weighted by Crippen LogP contribution is -2.56. The van der Waals surface area contributed by atoms with Crippen molar-refractivity contribution in [3.63, 3.8) is 0 Å². The van der Waals surface area contributed by atoms with E-state index < -0.39 is 0 Å². The van der Waals surface area contributed by atoms with Crippen LogP contribution in [-0.4, -0.2) is 44.3 Å².